The van der Waals surface area contributed by atoms with Crippen molar-refractivity contribution in [2.75, 3.05) is 37.1 Å². The second kappa shape index (κ2) is 8.80. The molecule has 5 heterocycles. The molecule has 2 aromatic rings. The van der Waals surface area contributed by atoms with E-state index in [9.17, 15) is 0 Å². The zero-order chi connectivity index (χ0) is 21.5. The lowest BCUT2D eigenvalue weighted by Crippen LogP contribution is -2.46. The van der Waals surface area contributed by atoms with Gasteiger partial charge in [-0.05, 0) is 57.8 Å². The van der Waals surface area contributed by atoms with Crippen molar-refractivity contribution in [2.24, 2.45) is 0 Å². The predicted molar refractivity (Wildman–Crippen MR) is 123 cm³/mol. The minimum atomic E-state index is -0.0181. The first kappa shape index (κ1) is 20.7. The highest BCUT2D eigenvalue weighted by molar-refractivity contribution is 5.91. The van der Waals surface area contributed by atoms with Crippen LogP contribution in [0, 0.1) is 0 Å². The van der Waals surface area contributed by atoms with Crippen LogP contribution in [0.4, 0.5) is 11.5 Å². The summed E-state index contributed by atoms with van der Waals surface area (Å²) in [4.78, 5) is 7.69. The van der Waals surface area contributed by atoms with Crippen LogP contribution in [0.25, 0.3) is 11.0 Å². The van der Waals surface area contributed by atoms with Crippen molar-refractivity contribution >= 4 is 22.5 Å². The van der Waals surface area contributed by atoms with E-state index in [0.717, 1.165) is 80.9 Å². The fourth-order valence-corrected chi connectivity index (χ4v) is 6.05. The topological polar surface area (TPSA) is 73.7 Å². The number of nitrogens with one attached hydrogen (secondary N) is 1. The summed E-state index contributed by atoms with van der Waals surface area (Å²) in [6.45, 7) is 2.39. The molecule has 8 nitrogen and oxygen atoms in total. The zero-order valence-corrected chi connectivity index (χ0v) is 19.0. The second-order valence-corrected chi connectivity index (χ2v) is 9.86. The highest BCUT2D eigenvalue weighted by atomic mass is 16.5. The number of hydrogen-bond donors (Lipinski definition) is 1. The van der Waals surface area contributed by atoms with Crippen molar-refractivity contribution in [1.82, 2.24) is 14.8 Å². The summed E-state index contributed by atoms with van der Waals surface area (Å²) >= 11 is 0. The van der Waals surface area contributed by atoms with Crippen LogP contribution >= 0.6 is 0 Å². The van der Waals surface area contributed by atoms with Gasteiger partial charge >= 0.3 is 0 Å². The van der Waals surface area contributed by atoms with E-state index in [1.807, 2.05) is 18.0 Å². The first-order valence-electron chi connectivity index (χ1n) is 12.5. The van der Waals surface area contributed by atoms with Gasteiger partial charge in [-0.25, -0.2) is 9.67 Å². The summed E-state index contributed by atoms with van der Waals surface area (Å²) < 4.78 is 19.5. The molecule has 1 aliphatic carbocycles. The van der Waals surface area contributed by atoms with Gasteiger partial charge in [0.05, 0.1) is 48.7 Å². The van der Waals surface area contributed by atoms with Gasteiger partial charge in [-0.2, -0.15) is 5.10 Å². The van der Waals surface area contributed by atoms with Crippen LogP contribution in [0.3, 0.4) is 0 Å². The number of aromatic nitrogens is 3. The van der Waals surface area contributed by atoms with Gasteiger partial charge in [-0.1, -0.05) is 0 Å². The Labute approximate surface area is 189 Å². The van der Waals surface area contributed by atoms with Crippen molar-refractivity contribution < 1.29 is 14.2 Å². The summed E-state index contributed by atoms with van der Waals surface area (Å²) in [5.41, 5.74) is 2.09. The molecule has 174 valence electrons. The molecule has 8 heteroatoms. The van der Waals surface area contributed by atoms with Gasteiger partial charge in [0.1, 0.15) is 5.82 Å². The van der Waals surface area contributed by atoms with Crippen LogP contribution in [-0.4, -0.2) is 65.9 Å². The number of morpholine rings is 1. The molecule has 0 aromatic carbocycles. The molecule has 0 spiro atoms. The monoisotopic (exact) mass is 441 g/mol. The number of rotatable bonds is 5. The maximum atomic E-state index is 6.08. The van der Waals surface area contributed by atoms with E-state index in [1.54, 1.807) is 0 Å². The Morgan fingerprint density at radius 1 is 1.03 bits per heavy atom. The van der Waals surface area contributed by atoms with E-state index in [2.05, 4.69) is 16.3 Å². The van der Waals surface area contributed by atoms with E-state index >= 15 is 0 Å². The van der Waals surface area contributed by atoms with Crippen molar-refractivity contribution in [3.8, 4) is 0 Å². The molecule has 1 saturated carbocycles. The quantitative estimate of drug-likeness (QED) is 0.755. The summed E-state index contributed by atoms with van der Waals surface area (Å²) in [7, 11) is 1.83. The van der Waals surface area contributed by atoms with Crippen LogP contribution in [0.1, 0.15) is 64.0 Å². The van der Waals surface area contributed by atoms with E-state index in [4.69, 9.17) is 24.3 Å². The van der Waals surface area contributed by atoms with Gasteiger partial charge in [0.25, 0.3) is 0 Å². The average molecular weight is 442 g/mol. The van der Waals surface area contributed by atoms with Crippen molar-refractivity contribution in [1.29, 1.82) is 0 Å². The lowest BCUT2D eigenvalue weighted by molar-refractivity contribution is -0.0370. The maximum absolute atomic E-state index is 6.08. The first-order valence-corrected chi connectivity index (χ1v) is 12.5. The van der Waals surface area contributed by atoms with Gasteiger partial charge in [0.2, 0.25) is 0 Å². The molecule has 3 saturated heterocycles. The number of methoxy groups -OCH3 is 1. The Hall–Kier alpha value is -1.90. The normalized spacial score (nSPS) is 33.0. The molecule has 32 heavy (non-hydrogen) atoms. The summed E-state index contributed by atoms with van der Waals surface area (Å²) in [5, 5.41) is 9.73. The van der Waals surface area contributed by atoms with E-state index in [0.29, 0.717) is 24.2 Å². The fraction of sp³-hybridized carbons (Fsp3) is 0.750. The molecule has 2 aromatic heterocycles. The molecule has 2 bridgehead atoms. The number of nitrogens with zero attached hydrogens (tertiary/aromatic N) is 4. The van der Waals surface area contributed by atoms with E-state index in [1.165, 1.54) is 19.3 Å². The van der Waals surface area contributed by atoms with Crippen LogP contribution in [0.5, 0.6) is 0 Å². The molecule has 3 atom stereocenters. The average Bonchev–Trinajstić information content (AvgIpc) is 3.38. The number of hydrogen-bond acceptors (Lipinski definition) is 7. The van der Waals surface area contributed by atoms with Crippen LogP contribution in [0.2, 0.25) is 0 Å². The Morgan fingerprint density at radius 3 is 2.56 bits per heavy atom. The molecule has 6 rings (SSSR count). The number of ether oxygens (including phenoxy) is 3. The lowest BCUT2D eigenvalue weighted by atomic mass is 9.92. The third kappa shape index (κ3) is 3.76. The fourth-order valence-electron chi connectivity index (χ4n) is 6.05. The molecule has 4 fully saturated rings. The number of anilines is 2. The third-order valence-electron chi connectivity index (χ3n) is 7.85. The van der Waals surface area contributed by atoms with Gasteiger partial charge in [0, 0.05) is 25.8 Å². The first-order chi connectivity index (χ1) is 15.8. The number of fused-ring (bicyclic) bond motifs is 3. The highest BCUT2D eigenvalue weighted by Crippen LogP contribution is 2.38. The summed E-state index contributed by atoms with van der Waals surface area (Å²) in [5.74, 6) is 1.05. The Bertz CT molecular complexity index is 919. The van der Waals surface area contributed by atoms with Crippen LogP contribution < -0.4 is 10.2 Å². The largest absolute Gasteiger partial charge is 0.382 e. The Balaban J connectivity index is 1.36. The standard InChI is InChI=1S/C24H35N5O3/c1-30-19-9-5-16(6-10-19)26-21-12-22(28-17-7-8-18(28)15-31-14-17)27-24-20(21)13-25-29(24)23-4-2-3-11-32-23/h12-13,16-19,23H,2-11,14-15H2,1H3,(H,26,27). The molecule has 1 N–H and O–H groups in total. The molecule has 3 unspecified atom stereocenters. The van der Waals surface area contributed by atoms with Gasteiger partial charge < -0.3 is 24.4 Å². The predicted octanol–water partition coefficient (Wildman–Crippen LogP) is 3.87. The summed E-state index contributed by atoms with van der Waals surface area (Å²) in [6, 6.07) is 3.56. The maximum Gasteiger partial charge on any atom is 0.164 e. The van der Waals surface area contributed by atoms with Crippen LogP contribution in [-0.2, 0) is 14.2 Å². The van der Waals surface area contributed by atoms with Gasteiger partial charge in [-0.3, -0.25) is 0 Å². The van der Waals surface area contributed by atoms with E-state index in [-0.39, 0.29) is 6.23 Å². The van der Waals surface area contributed by atoms with Gasteiger partial charge in [-0.15, -0.1) is 0 Å². The van der Waals surface area contributed by atoms with E-state index < -0.39 is 0 Å². The zero-order valence-electron chi connectivity index (χ0n) is 19.0. The third-order valence-corrected chi connectivity index (χ3v) is 7.85. The summed E-state index contributed by atoms with van der Waals surface area (Å²) in [6.07, 6.45) is 12.5. The molecule has 4 aliphatic rings. The van der Waals surface area contributed by atoms with Crippen molar-refractivity contribution in [2.45, 2.75) is 88.2 Å². The lowest BCUT2D eigenvalue weighted by Gasteiger charge is -2.36. The molecular formula is C24H35N5O3. The van der Waals surface area contributed by atoms with Gasteiger partial charge in [0.15, 0.2) is 11.9 Å². The molecule has 0 amide bonds. The minimum Gasteiger partial charge on any atom is -0.382 e. The second-order valence-electron chi connectivity index (χ2n) is 9.86. The van der Waals surface area contributed by atoms with Crippen LogP contribution in [0.15, 0.2) is 12.3 Å². The SMILES string of the molecule is COC1CCC(Nc2cc(N3C4CCC3COC4)nc3c2cnn3C2CCCCO2)CC1. The Kier molecular flexibility index (Phi) is 5.69. The molecular weight excluding hydrogens is 406 g/mol. The smallest absolute Gasteiger partial charge is 0.164 e. The number of pyridine rings is 1. The van der Waals surface area contributed by atoms with Crippen molar-refractivity contribution in [3.05, 3.63) is 12.3 Å². The van der Waals surface area contributed by atoms with Crippen molar-refractivity contribution in [3.63, 3.8) is 0 Å². The molecule has 3 aliphatic heterocycles. The Morgan fingerprint density at radius 2 is 1.84 bits per heavy atom. The highest BCUT2D eigenvalue weighted by Gasteiger charge is 2.39. The minimum absolute atomic E-state index is 0.0181. The molecule has 0 radical (unpaired) electrons.